The summed E-state index contributed by atoms with van der Waals surface area (Å²) >= 11 is 0. The molecule has 5 nitrogen and oxygen atoms in total. The van der Waals surface area contributed by atoms with Crippen LogP contribution >= 0.6 is 0 Å². The zero-order valence-electron chi connectivity index (χ0n) is 8.31. The monoisotopic (exact) mass is 226 g/mol. The molecular formula is C9H10N2O3S. The molecule has 1 aliphatic heterocycles. The predicted octanol–water partition coefficient (Wildman–Crippen LogP) is 0.363. The number of fused-ring (bicyclic) bond motifs is 1. The van der Waals surface area contributed by atoms with E-state index in [4.69, 9.17) is 4.74 Å². The summed E-state index contributed by atoms with van der Waals surface area (Å²) in [6.45, 7) is 0. The smallest absolute Gasteiger partial charge is 0.285 e. The van der Waals surface area contributed by atoms with Crippen molar-refractivity contribution in [3.05, 3.63) is 23.8 Å². The first-order valence-electron chi connectivity index (χ1n) is 4.29. The lowest BCUT2D eigenvalue weighted by Gasteiger charge is -2.03. The maximum atomic E-state index is 11.6. The van der Waals surface area contributed by atoms with Crippen LogP contribution in [0.25, 0.3) is 0 Å². The molecule has 0 bridgehead atoms. The van der Waals surface area contributed by atoms with Crippen LogP contribution in [0.4, 0.5) is 0 Å². The summed E-state index contributed by atoms with van der Waals surface area (Å²) in [6, 6.07) is 4.75. The summed E-state index contributed by atoms with van der Waals surface area (Å²) in [5.41, 5.74) is 0.553. The highest BCUT2D eigenvalue weighted by molar-refractivity contribution is 7.90. The lowest BCUT2D eigenvalue weighted by molar-refractivity contribution is 0.414. The molecule has 0 saturated carbocycles. The Morgan fingerprint density at radius 3 is 2.73 bits per heavy atom. The number of methoxy groups -OCH3 is 1. The Morgan fingerprint density at radius 2 is 2.13 bits per heavy atom. The van der Waals surface area contributed by atoms with Crippen molar-refractivity contribution >= 4 is 15.9 Å². The maximum Gasteiger partial charge on any atom is 0.285 e. The highest BCUT2D eigenvalue weighted by Gasteiger charge is 2.28. The third kappa shape index (κ3) is 1.46. The first-order chi connectivity index (χ1) is 7.08. The number of ether oxygens (including phenoxy) is 1. The fraction of sp³-hybridized carbons (Fsp3) is 0.222. The second kappa shape index (κ2) is 3.23. The van der Waals surface area contributed by atoms with E-state index >= 15 is 0 Å². The minimum atomic E-state index is -3.52. The summed E-state index contributed by atoms with van der Waals surface area (Å²) in [4.78, 5) is 0.215. The van der Waals surface area contributed by atoms with E-state index < -0.39 is 10.0 Å². The Labute approximate surface area is 87.8 Å². The molecule has 0 aromatic heterocycles. The van der Waals surface area contributed by atoms with Gasteiger partial charge in [-0.25, -0.2) is 0 Å². The van der Waals surface area contributed by atoms with Crippen LogP contribution in [0.5, 0.6) is 5.75 Å². The van der Waals surface area contributed by atoms with Crippen molar-refractivity contribution < 1.29 is 13.2 Å². The van der Waals surface area contributed by atoms with Crippen molar-refractivity contribution in [2.24, 2.45) is 4.40 Å². The molecule has 0 atom stereocenters. The molecule has 0 fully saturated rings. The molecule has 1 aromatic rings. The average molecular weight is 226 g/mol. The van der Waals surface area contributed by atoms with Crippen molar-refractivity contribution in [1.29, 1.82) is 0 Å². The van der Waals surface area contributed by atoms with E-state index in [9.17, 15) is 8.42 Å². The number of hydrogen-bond donors (Lipinski definition) is 1. The van der Waals surface area contributed by atoms with E-state index in [1.807, 2.05) is 0 Å². The quantitative estimate of drug-likeness (QED) is 0.751. The molecule has 1 aromatic carbocycles. The minimum absolute atomic E-state index is 0.215. The molecule has 0 radical (unpaired) electrons. The number of hydrogen-bond acceptors (Lipinski definition) is 4. The van der Waals surface area contributed by atoms with Crippen LogP contribution in [-0.2, 0) is 10.0 Å². The van der Waals surface area contributed by atoms with E-state index in [0.29, 0.717) is 17.1 Å². The van der Waals surface area contributed by atoms with Gasteiger partial charge in [-0.3, -0.25) is 0 Å². The number of sulfonamides is 1. The molecule has 2 rings (SSSR count). The molecule has 0 spiro atoms. The average Bonchev–Trinajstić information content (AvgIpc) is 2.50. The molecule has 6 heteroatoms. The normalized spacial score (nSPS) is 16.8. The number of amidine groups is 1. The molecule has 0 unspecified atom stereocenters. The van der Waals surface area contributed by atoms with Crippen LogP contribution < -0.4 is 10.1 Å². The van der Waals surface area contributed by atoms with Crippen molar-refractivity contribution in [3.8, 4) is 5.75 Å². The molecule has 1 heterocycles. The summed E-state index contributed by atoms with van der Waals surface area (Å²) in [6.07, 6.45) is 0. The van der Waals surface area contributed by atoms with Crippen molar-refractivity contribution in [3.63, 3.8) is 0 Å². The van der Waals surface area contributed by atoms with Gasteiger partial charge in [-0.15, -0.1) is 4.40 Å². The Hall–Kier alpha value is -1.56. The van der Waals surface area contributed by atoms with E-state index in [2.05, 4.69) is 9.71 Å². The summed E-state index contributed by atoms with van der Waals surface area (Å²) in [7, 11) is -0.365. The van der Waals surface area contributed by atoms with Crippen LogP contribution in [0, 0.1) is 0 Å². The molecule has 80 valence electrons. The number of rotatable bonds is 1. The Kier molecular flexibility index (Phi) is 2.15. The summed E-state index contributed by atoms with van der Waals surface area (Å²) < 4.78 is 31.7. The van der Waals surface area contributed by atoms with Gasteiger partial charge in [0.05, 0.1) is 7.11 Å². The van der Waals surface area contributed by atoms with Crippen LogP contribution in [0.3, 0.4) is 0 Å². The second-order valence-corrected chi connectivity index (χ2v) is 4.60. The number of nitrogens with one attached hydrogen (secondary N) is 1. The zero-order valence-corrected chi connectivity index (χ0v) is 9.13. The standard InChI is InChI=1S/C9H10N2O3S/c1-10-9-7-5-6(14-2)3-4-8(7)15(12,13)11-9/h3-5H,1-2H3,(H,10,11). The van der Waals surface area contributed by atoms with Gasteiger partial charge in [-0.2, -0.15) is 8.42 Å². The molecule has 0 amide bonds. The van der Waals surface area contributed by atoms with Crippen molar-refractivity contribution in [2.75, 3.05) is 14.2 Å². The predicted molar refractivity (Wildman–Crippen MR) is 55.8 cm³/mol. The SMILES string of the molecule is CNC1=NS(=O)(=O)c2ccc(OC)cc21. The van der Waals surface area contributed by atoms with E-state index in [-0.39, 0.29) is 4.90 Å². The summed E-state index contributed by atoms with van der Waals surface area (Å²) in [5.74, 6) is 0.956. The highest BCUT2D eigenvalue weighted by atomic mass is 32.2. The fourth-order valence-corrected chi connectivity index (χ4v) is 2.65. The number of benzene rings is 1. The lowest BCUT2D eigenvalue weighted by Crippen LogP contribution is -2.17. The van der Waals surface area contributed by atoms with Gasteiger partial charge in [0.25, 0.3) is 10.0 Å². The van der Waals surface area contributed by atoms with Crippen LogP contribution in [-0.4, -0.2) is 28.4 Å². The highest BCUT2D eigenvalue weighted by Crippen LogP contribution is 2.28. The molecule has 1 N–H and O–H groups in total. The lowest BCUT2D eigenvalue weighted by atomic mass is 10.2. The Balaban J connectivity index is 2.68. The molecule has 15 heavy (non-hydrogen) atoms. The Bertz CT molecular complexity index is 534. The van der Waals surface area contributed by atoms with Gasteiger partial charge in [0.1, 0.15) is 16.5 Å². The first kappa shape index (κ1) is 9.97. The van der Waals surface area contributed by atoms with E-state index in [1.54, 1.807) is 19.2 Å². The van der Waals surface area contributed by atoms with Crippen LogP contribution in [0.2, 0.25) is 0 Å². The van der Waals surface area contributed by atoms with Crippen molar-refractivity contribution in [2.45, 2.75) is 4.90 Å². The van der Waals surface area contributed by atoms with Crippen LogP contribution in [0.1, 0.15) is 5.56 Å². The van der Waals surface area contributed by atoms with E-state index in [0.717, 1.165) is 0 Å². The minimum Gasteiger partial charge on any atom is -0.497 e. The Morgan fingerprint density at radius 1 is 1.40 bits per heavy atom. The molecular weight excluding hydrogens is 216 g/mol. The largest absolute Gasteiger partial charge is 0.497 e. The summed E-state index contributed by atoms with van der Waals surface area (Å²) in [5, 5.41) is 2.74. The van der Waals surface area contributed by atoms with Crippen molar-refractivity contribution in [1.82, 2.24) is 5.32 Å². The van der Waals surface area contributed by atoms with Gasteiger partial charge >= 0.3 is 0 Å². The number of nitrogens with zero attached hydrogens (tertiary/aromatic N) is 1. The van der Waals surface area contributed by atoms with Gasteiger partial charge in [0.2, 0.25) is 0 Å². The van der Waals surface area contributed by atoms with Gasteiger partial charge in [-0.05, 0) is 18.2 Å². The van der Waals surface area contributed by atoms with Gasteiger partial charge in [0.15, 0.2) is 0 Å². The van der Waals surface area contributed by atoms with Gasteiger partial charge in [0, 0.05) is 12.6 Å². The molecule has 0 aliphatic carbocycles. The van der Waals surface area contributed by atoms with E-state index in [1.165, 1.54) is 13.2 Å². The fourth-order valence-electron chi connectivity index (χ4n) is 1.44. The third-order valence-electron chi connectivity index (χ3n) is 2.17. The topological polar surface area (TPSA) is 67.8 Å². The zero-order chi connectivity index (χ0) is 11.1. The van der Waals surface area contributed by atoms with Crippen LogP contribution in [0.15, 0.2) is 27.5 Å². The van der Waals surface area contributed by atoms with Gasteiger partial charge in [-0.1, -0.05) is 0 Å². The first-order valence-corrected chi connectivity index (χ1v) is 5.73. The molecule has 1 aliphatic rings. The van der Waals surface area contributed by atoms with Gasteiger partial charge < -0.3 is 10.1 Å². The molecule has 0 saturated heterocycles. The maximum absolute atomic E-state index is 11.6. The third-order valence-corrected chi connectivity index (χ3v) is 3.50. The second-order valence-electron chi connectivity index (χ2n) is 3.03.